The van der Waals surface area contributed by atoms with Crippen LogP contribution in [0.4, 0.5) is 17.6 Å². The van der Waals surface area contributed by atoms with Crippen LogP contribution in [0, 0.1) is 5.82 Å². The van der Waals surface area contributed by atoms with Crippen LogP contribution in [-0.2, 0) is 19.3 Å². The Kier molecular flexibility index (Phi) is 8.80. The molecule has 0 aromatic heterocycles. The fourth-order valence-electron chi connectivity index (χ4n) is 2.16. The number of benzene rings is 2. The minimum Gasteiger partial charge on any atom is -0.505 e. The van der Waals surface area contributed by atoms with Gasteiger partial charge < -0.3 is 15.7 Å². The fraction of sp³-hybridized carbons (Fsp3) is 0.278. The Bertz CT molecular complexity index is 764. The van der Waals surface area contributed by atoms with Crippen molar-refractivity contribution in [3.05, 3.63) is 65.0 Å². The second-order valence-electron chi connectivity index (χ2n) is 5.53. The molecule has 0 aliphatic rings. The molecule has 0 bridgehead atoms. The number of hydrogen-bond acceptors (Lipinski definition) is 2. The normalized spacial score (nSPS) is 11.7. The topological polar surface area (TPSA) is 56.7 Å². The first kappa shape index (κ1) is 23.0. The van der Waals surface area contributed by atoms with E-state index in [1.54, 1.807) is 6.07 Å². The first-order valence-electron chi connectivity index (χ1n) is 7.95. The second kappa shape index (κ2) is 10.3. The summed E-state index contributed by atoms with van der Waals surface area (Å²) in [6, 6.07) is 8.85. The van der Waals surface area contributed by atoms with Gasteiger partial charge in [0.1, 0.15) is 0 Å². The number of halogens is 5. The summed E-state index contributed by atoms with van der Waals surface area (Å²) in [6.45, 7) is 2.92. The molecule has 0 aliphatic heterocycles. The molecule has 0 saturated heterocycles. The SMILES string of the molecule is CCNC(=NCc1ccc(O)c(F)c1)NCc1ccc(C(F)(F)F)cc1.I. The Morgan fingerprint density at radius 2 is 1.67 bits per heavy atom. The van der Waals surface area contributed by atoms with Gasteiger partial charge in [-0.2, -0.15) is 13.2 Å². The molecular weight excluding hydrogens is 477 g/mol. The molecule has 4 nitrogen and oxygen atoms in total. The van der Waals surface area contributed by atoms with Gasteiger partial charge in [-0.05, 0) is 42.3 Å². The molecule has 0 amide bonds. The molecule has 0 aliphatic carbocycles. The largest absolute Gasteiger partial charge is 0.505 e. The van der Waals surface area contributed by atoms with E-state index in [1.807, 2.05) is 6.92 Å². The molecule has 0 radical (unpaired) electrons. The van der Waals surface area contributed by atoms with Crippen LogP contribution < -0.4 is 10.6 Å². The van der Waals surface area contributed by atoms with E-state index in [1.165, 1.54) is 24.3 Å². The minimum atomic E-state index is -4.36. The molecule has 0 fully saturated rings. The van der Waals surface area contributed by atoms with Crippen LogP contribution in [0.15, 0.2) is 47.5 Å². The number of alkyl halides is 3. The van der Waals surface area contributed by atoms with Crippen LogP contribution in [0.25, 0.3) is 0 Å². The molecule has 0 unspecified atom stereocenters. The summed E-state index contributed by atoms with van der Waals surface area (Å²) >= 11 is 0. The molecule has 27 heavy (non-hydrogen) atoms. The van der Waals surface area contributed by atoms with Gasteiger partial charge in [-0.3, -0.25) is 0 Å². The number of aromatic hydroxyl groups is 1. The molecule has 0 saturated carbocycles. The van der Waals surface area contributed by atoms with Crippen LogP contribution in [0.1, 0.15) is 23.6 Å². The van der Waals surface area contributed by atoms with E-state index in [2.05, 4.69) is 15.6 Å². The summed E-state index contributed by atoms with van der Waals surface area (Å²) in [5, 5.41) is 15.2. The maximum Gasteiger partial charge on any atom is 0.416 e. The van der Waals surface area contributed by atoms with E-state index in [9.17, 15) is 22.7 Å². The molecule has 0 spiro atoms. The number of phenols is 1. The van der Waals surface area contributed by atoms with Crippen molar-refractivity contribution in [3.8, 4) is 5.75 Å². The number of guanidine groups is 1. The van der Waals surface area contributed by atoms with E-state index in [0.717, 1.165) is 12.1 Å². The highest BCUT2D eigenvalue weighted by Crippen LogP contribution is 2.29. The van der Waals surface area contributed by atoms with Gasteiger partial charge in [-0.25, -0.2) is 9.38 Å². The predicted molar refractivity (Wildman–Crippen MR) is 107 cm³/mol. The highest BCUT2D eigenvalue weighted by atomic mass is 127. The molecule has 0 atom stereocenters. The molecule has 2 aromatic carbocycles. The number of nitrogens with zero attached hydrogens (tertiary/aromatic N) is 1. The Morgan fingerprint density at radius 3 is 2.22 bits per heavy atom. The van der Waals surface area contributed by atoms with Gasteiger partial charge in [0.2, 0.25) is 0 Å². The van der Waals surface area contributed by atoms with Gasteiger partial charge in [0.05, 0.1) is 12.1 Å². The summed E-state index contributed by atoms with van der Waals surface area (Å²) < 4.78 is 51.0. The van der Waals surface area contributed by atoms with E-state index >= 15 is 0 Å². The predicted octanol–water partition coefficient (Wildman–Crippen LogP) is 4.42. The standard InChI is InChI=1S/C18H19F4N3O.HI/c1-2-23-17(25-11-13-5-8-16(26)15(19)9-13)24-10-12-3-6-14(7-4-12)18(20,21)22;/h3-9,26H,2,10-11H2,1H3,(H2,23,24,25);1H. The molecule has 2 rings (SSSR count). The molecule has 3 N–H and O–H groups in total. The van der Waals surface area contributed by atoms with E-state index in [0.29, 0.717) is 23.6 Å². The number of nitrogens with one attached hydrogen (secondary N) is 2. The van der Waals surface area contributed by atoms with E-state index in [-0.39, 0.29) is 37.1 Å². The van der Waals surface area contributed by atoms with Gasteiger partial charge >= 0.3 is 6.18 Å². The van der Waals surface area contributed by atoms with Gasteiger partial charge in [0, 0.05) is 13.1 Å². The zero-order valence-corrected chi connectivity index (χ0v) is 16.8. The average molecular weight is 497 g/mol. The number of phenolic OH excluding ortho intramolecular Hbond substituents is 1. The smallest absolute Gasteiger partial charge is 0.416 e. The lowest BCUT2D eigenvalue weighted by atomic mass is 10.1. The summed E-state index contributed by atoms with van der Waals surface area (Å²) in [6.07, 6.45) is -4.36. The van der Waals surface area contributed by atoms with Crippen molar-refractivity contribution in [3.63, 3.8) is 0 Å². The first-order valence-corrected chi connectivity index (χ1v) is 7.95. The monoisotopic (exact) mass is 497 g/mol. The minimum absolute atomic E-state index is 0. The third-order valence-electron chi connectivity index (χ3n) is 3.52. The maximum atomic E-state index is 13.3. The summed E-state index contributed by atoms with van der Waals surface area (Å²) in [5.41, 5.74) is 0.544. The van der Waals surface area contributed by atoms with Crippen molar-refractivity contribution in [1.82, 2.24) is 10.6 Å². The molecule has 2 aromatic rings. The summed E-state index contributed by atoms with van der Waals surface area (Å²) in [5.74, 6) is -0.702. The third kappa shape index (κ3) is 7.24. The highest BCUT2D eigenvalue weighted by molar-refractivity contribution is 14.0. The van der Waals surface area contributed by atoms with Gasteiger partial charge in [-0.15, -0.1) is 24.0 Å². The lowest BCUT2D eigenvalue weighted by Gasteiger charge is -2.12. The zero-order chi connectivity index (χ0) is 19.2. The van der Waals surface area contributed by atoms with Gasteiger partial charge in [-0.1, -0.05) is 18.2 Å². The molecule has 148 valence electrons. The fourth-order valence-corrected chi connectivity index (χ4v) is 2.16. The number of aliphatic imine (C=N–C) groups is 1. The first-order chi connectivity index (χ1) is 12.3. The van der Waals surface area contributed by atoms with Crippen molar-refractivity contribution in [2.24, 2.45) is 4.99 Å². The van der Waals surface area contributed by atoms with E-state index in [4.69, 9.17) is 0 Å². The van der Waals surface area contributed by atoms with Crippen LogP contribution >= 0.6 is 24.0 Å². The van der Waals surface area contributed by atoms with E-state index < -0.39 is 23.3 Å². The lowest BCUT2D eigenvalue weighted by Crippen LogP contribution is -2.36. The quantitative estimate of drug-likeness (QED) is 0.248. The Balaban J connectivity index is 0.00000364. The average Bonchev–Trinajstić information content (AvgIpc) is 2.60. The Hall–Kier alpha value is -2.04. The van der Waals surface area contributed by atoms with Gasteiger partial charge in [0.25, 0.3) is 0 Å². The van der Waals surface area contributed by atoms with Crippen molar-refractivity contribution < 1.29 is 22.7 Å². The maximum absolute atomic E-state index is 13.3. The van der Waals surface area contributed by atoms with Gasteiger partial charge in [0.15, 0.2) is 17.5 Å². The summed E-state index contributed by atoms with van der Waals surface area (Å²) in [7, 11) is 0. The van der Waals surface area contributed by atoms with Crippen LogP contribution in [0.3, 0.4) is 0 Å². The summed E-state index contributed by atoms with van der Waals surface area (Å²) in [4.78, 5) is 4.29. The zero-order valence-electron chi connectivity index (χ0n) is 14.5. The molecule has 9 heteroatoms. The van der Waals surface area contributed by atoms with Crippen LogP contribution in [0.5, 0.6) is 5.75 Å². The number of rotatable bonds is 5. The van der Waals surface area contributed by atoms with Crippen molar-refractivity contribution in [2.45, 2.75) is 26.2 Å². The van der Waals surface area contributed by atoms with Crippen molar-refractivity contribution in [2.75, 3.05) is 6.54 Å². The molecule has 0 heterocycles. The Labute approximate surface area is 171 Å². The Morgan fingerprint density at radius 1 is 1.04 bits per heavy atom. The van der Waals surface area contributed by atoms with Crippen LogP contribution in [-0.4, -0.2) is 17.6 Å². The third-order valence-corrected chi connectivity index (χ3v) is 3.52. The number of hydrogen-bond donors (Lipinski definition) is 3. The van der Waals surface area contributed by atoms with Crippen molar-refractivity contribution >= 4 is 29.9 Å². The highest BCUT2D eigenvalue weighted by Gasteiger charge is 2.29. The second-order valence-corrected chi connectivity index (χ2v) is 5.53. The molecular formula is C18H20F4IN3O. The lowest BCUT2D eigenvalue weighted by molar-refractivity contribution is -0.137. The van der Waals surface area contributed by atoms with Crippen LogP contribution in [0.2, 0.25) is 0 Å². The van der Waals surface area contributed by atoms with Crippen molar-refractivity contribution in [1.29, 1.82) is 0 Å².